The standard InChI is InChI=1S/C19H22O/c1-14(2)18-13-17(15(3)12-19(18)20)11-7-10-16-8-5-4-6-9-16/h4-10,12-14,20H,11H2,1-3H3/b10-7+. The van der Waals surface area contributed by atoms with Crippen molar-refractivity contribution in [2.75, 3.05) is 0 Å². The zero-order valence-electron chi connectivity index (χ0n) is 12.4. The summed E-state index contributed by atoms with van der Waals surface area (Å²) < 4.78 is 0. The van der Waals surface area contributed by atoms with Gasteiger partial charge in [0.05, 0.1) is 0 Å². The fraction of sp³-hybridized carbons (Fsp3) is 0.263. The van der Waals surface area contributed by atoms with E-state index in [2.05, 4.69) is 51.1 Å². The molecule has 20 heavy (non-hydrogen) atoms. The van der Waals surface area contributed by atoms with Crippen molar-refractivity contribution in [3.63, 3.8) is 0 Å². The van der Waals surface area contributed by atoms with Crippen LogP contribution in [-0.4, -0.2) is 5.11 Å². The van der Waals surface area contributed by atoms with Gasteiger partial charge >= 0.3 is 0 Å². The lowest BCUT2D eigenvalue weighted by molar-refractivity contribution is 0.464. The first-order valence-electron chi connectivity index (χ1n) is 7.12. The Hall–Kier alpha value is -2.02. The van der Waals surface area contributed by atoms with Crippen LogP contribution in [0.3, 0.4) is 0 Å². The normalized spacial score (nSPS) is 11.4. The van der Waals surface area contributed by atoms with Crippen molar-refractivity contribution in [2.45, 2.75) is 33.1 Å². The average molecular weight is 266 g/mol. The van der Waals surface area contributed by atoms with Crippen LogP contribution >= 0.6 is 0 Å². The first kappa shape index (κ1) is 14.4. The largest absolute Gasteiger partial charge is 0.508 e. The fourth-order valence-electron chi connectivity index (χ4n) is 2.33. The van der Waals surface area contributed by atoms with E-state index >= 15 is 0 Å². The summed E-state index contributed by atoms with van der Waals surface area (Å²) >= 11 is 0. The minimum Gasteiger partial charge on any atom is -0.508 e. The summed E-state index contributed by atoms with van der Waals surface area (Å²) in [6.45, 7) is 6.26. The minimum atomic E-state index is 0.340. The molecule has 2 aromatic rings. The third-order valence-corrected chi connectivity index (χ3v) is 3.55. The summed E-state index contributed by atoms with van der Waals surface area (Å²) in [4.78, 5) is 0. The van der Waals surface area contributed by atoms with E-state index in [4.69, 9.17) is 0 Å². The SMILES string of the molecule is Cc1cc(O)c(C(C)C)cc1C/C=C/c1ccccc1. The summed E-state index contributed by atoms with van der Waals surface area (Å²) in [5.74, 6) is 0.751. The average Bonchev–Trinajstić information content (AvgIpc) is 2.42. The number of phenols is 1. The van der Waals surface area contributed by atoms with E-state index in [1.165, 1.54) is 11.1 Å². The summed E-state index contributed by atoms with van der Waals surface area (Å²) in [5, 5.41) is 9.97. The fourth-order valence-corrected chi connectivity index (χ4v) is 2.33. The predicted octanol–water partition coefficient (Wildman–Crippen LogP) is 5.08. The van der Waals surface area contributed by atoms with Crippen molar-refractivity contribution < 1.29 is 5.11 Å². The van der Waals surface area contributed by atoms with E-state index in [9.17, 15) is 5.11 Å². The quantitative estimate of drug-likeness (QED) is 0.818. The van der Waals surface area contributed by atoms with Gasteiger partial charge in [-0.05, 0) is 47.6 Å². The van der Waals surface area contributed by atoms with Gasteiger partial charge in [-0.25, -0.2) is 0 Å². The Morgan fingerprint density at radius 3 is 2.45 bits per heavy atom. The molecule has 0 radical (unpaired) electrons. The molecular formula is C19H22O. The molecule has 0 atom stereocenters. The van der Waals surface area contributed by atoms with Crippen LogP contribution in [0.25, 0.3) is 6.08 Å². The second-order valence-electron chi connectivity index (χ2n) is 5.51. The van der Waals surface area contributed by atoms with E-state index in [0.29, 0.717) is 11.7 Å². The monoisotopic (exact) mass is 266 g/mol. The molecule has 2 rings (SSSR count). The molecule has 0 aromatic heterocycles. The van der Waals surface area contributed by atoms with Gasteiger partial charge in [-0.2, -0.15) is 0 Å². The van der Waals surface area contributed by atoms with E-state index in [1.54, 1.807) is 0 Å². The Morgan fingerprint density at radius 2 is 1.80 bits per heavy atom. The number of benzene rings is 2. The van der Waals surface area contributed by atoms with Gasteiger partial charge in [0.1, 0.15) is 5.75 Å². The maximum Gasteiger partial charge on any atom is 0.119 e. The number of phenolic OH excluding ortho intramolecular Hbond substituents is 1. The topological polar surface area (TPSA) is 20.2 Å². The highest BCUT2D eigenvalue weighted by Gasteiger charge is 2.08. The summed E-state index contributed by atoms with van der Waals surface area (Å²) in [6.07, 6.45) is 5.21. The van der Waals surface area contributed by atoms with Gasteiger partial charge in [0.2, 0.25) is 0 Å². The van der Waals surface area contributed by atoms with Gasteiger partial charge in [-0.1, -0.05) is 62.4 Å². The van der Waals surface area contributed by atoms with Crippen LogP contribution in [0.2, 0.25) is 0 Å². The first-order chi connectivity index (χ1) is 9.58. The Balaban J connectivity index is 2.17. The highest BCUT2D eigenvalue weighted by atomic mass is 16.3. The molecule has 0 bridgehead atoms. The van der Waals surface area contributed by atoms with Gasteiger partial charge in [-0.3, -0.25) is 0 Å². The molecule has 0 aliphatic heterocycles. The molecule has 1 heteroatoms. The molecule has 104 valence electrons. The van der Waals surface area contributed by atoms with Crippen LogP contribution in [0, 0.1) is 6.92 Å². The minimum absolute atomic E-state index is 0.340. The summed E-state index contributed by atoms with van der Waals surface area (Å²) in [6, 6.07) is 14.3. The van der Waals surface area contributed by atoms with Crippen molar-refractivity contribution in [1.29, 1.82) is 0 Å². The number of rotatable bonds is 4. The van der Waals surface area contributed by atoms with Crippen molar-refractivity contribution >= 4 is 6.08 Å². The molecule has 0 unspecified atom stereocenters. The lowest BCUT2D eigenvalue weighted by atomic mass is 9.95. The number of hydrogen-bond acceptors (Lipinski definition) is 1. The molecular weight excluding hydrogens is 244 g/mol. The molecule has 1 N–H and O–H groups in total. The second-order valence-corrected chi connectivity index (χ2v) is 5.51. The van der Waals surface area contributed by atoms with Crippen molar-refractivity contribution in [2.24, 2.45) is 0 Å². The zero-order valence-corrected chi connectivity index (χ0v) is 12.4. The van der Waals surface area contributed by atoms with E-state index in [1.807, 2.05) is 24.3 Å². The molecule has 0 spiro atoms. The van der Waals surface area contributed by atoms with Crippen molar-refractivity contribution in [1.82, 2.24) is 0 Å². The van der Waals surface area contributed by atoms with Crippen LogP contribution in [-0.2, 0) is 6.42 Å². The Morgan fingerprint density at radius 1 is 1.10 bits per heavy atom. The van der Waals surface area contributed by atoms with Gasteiger partial charge < -0.3 is 5.11 Å². The maximum atomic E-state index is 9.97. The molecule has 0 saturated heterocycles. The molecule has 0 aliphatic rings. The number of hydrogen-bond donors (Lipinski definition) is 1. The molecule has 0 aliphatic carbocycles. The van der Waals surface area contributed by atoms with Crippen LogP contribution < -0.4 is 0 Å². The molecule has 2 aromatic carbocycles. The highest BCUT2D eigenvalue weighted by molar-refractivity contribution is 5.50. The highest BCUT2D eigenvalue weighted by Crippen LogP contribution is 2.29. The number of allylic oxidation sites excluding steroid dienone is 1. The number of aromatic hydroxyl groups is 1. The summed E-state index contributed by atoms with van der Waals surface area (Å²) in [5.41, 5.74) is 4.66. The molecule has 0 amide bonds. The lowest BCUT2D eigenvalue weighted by Crippen LogP contribution is -1.94. The third-order valence-electron chi connectivity index (χ3n) is 3.55. The van der Waals surface area contributed by atoms with E-state index in [-0.39, 0.29) is 0 Å². The third kappa shape index (κ3) is 3.51. The van der Waals surface area contributed by atoms with Crippen LogP contribution in [0.1, 0.15) is 42.0 Å². The van der Waals surface area contributed by atoms with Crippen molar-refractivity contribution in [3.05, 3.63) is 70.8 Å². The van der Waals surface area contributed by atoms with Gasteiger partial charge in [0.25, 0.3) is 0 Å². The Bertz CT molecular complexity index is 595. The Kier molecular flexibility index (Phi) is 4.62. The van der Waals surface area contributed by atoms with Crippen LogP contribution in [0.5, 0.6) is 5.75 Å². The van der Waals surface area contributed by atoms with Crippen molar-refractivity contribution in [3.8, 4) is 5.75 Å². The van der Waals surface area contributed by atoms with Crippen LogP contribution in [0.15, 0.2) is 48.5 Å². The van der Waals surface area contributed by atoms with E-state index in [0.717, 1.165) is 17.5 Å². The zero-order chi connectivity index (χ0) is 14.5. The molecule has 0 heterocycles. The first-order valence-corrected chi connectivity index (χ1v) is 7.12. The van der Waals surface area contributed by atoms with Gasteiger partial charge in [0.15, 0.2) is 0 Å². The van der Waals surface area contributed by atoms with E-state index < -0.39 is 0 Å². The molecule has 0 saturated carbocycles. The number of aryl methyl sites for hydroxylation is 1. The lowest BCUT2D eigenvalue weighted by Gasteiger charge is -2.12. The van der Waals surface area contributed by atoms with Gasteiger partial charge in [-0.15, -0.1) is 0 Å². The Labute approximate surface area is 121 Å². The second kappa shape index (κ2) is 6.42. The summed E-state index contributed by atoms with van der Waals surface area (Å²) in [7, 11) is 0. The maximum absolute atomic E-state index is 9.97. The molecule has 0 fully saturated rings. The molecule has 1 nitrogen and oxygen atoms in total. The van der Waals surface area contributed by atoms with Gasteiger partial charge in [0, 0.05) is 0 Å². The van der Waals surface area contributed by atoms with Crippen LogP contribution in [0.4, 0.5) is 0 Å². The smallest absolute Gasteiger partial charge is 0.119 e. The predicted molar refractivity (Wildman–Crippen MR) is 86.1 cm³/mol.